The normalized spacial score (nSPS) is 18.8. The van der Waals surface area contributed by atoms with Crippen LogP contribution in [0.4, 0.5) is 8.78 Å². The second kappa shape index (κ2) is 9.41. The van der Waals surface area contributed by atoms with E-state index < -0.39 is 6.17 Å². The van der Waals surface area contributed by atoms with Gasteiger partial charge in [-0.3, -0.25) is 4.40 Å². The van der Waals surface area contributed by atoms with Gasteiger partial charge in [-0.2, -0.15) is 0 Å². The predicted octanol–water partition coefficient (Wildman–Crippen LogP) is 4.20. The van der Waals surface area contributed by atoms with Crippen LogP contribution < -0.4 is 10.1 Å². The number of halogens is 2. The first-order valence-electron chi connectivity index (χ1n) is 11.2. The van der Waals surface area contributed by atoms with Crippen LogP contribution in [0.15, 0.2) is 48.8 Å². The van der Waals surface area contributed by atoms with Gasteiger partial charge >= 0.3 is 0 Å². The highest BCUT2D eigenvalue weighted by atomic mass is 19.1. The molecular weight excluding hydrogens is 426 g/mol. The van der Waals surface area contributed by atoms with Crippen LogP contribution in [0.25, 0.3) is 27.9 Å². The van der Waals surface area contributed by atoms with E-state index in [2.05, 4.69) is 10.3 Å². The minimum absolute atomic E-state index is 0.144. The van der Waals surface area contributed by atoms with E-state index in [1.54, 1.807) is 13.3 Å². The number of hydrogen-bond acceptors (Lipinski definition) is 5. The highest BCUT2D eigenvalue weighted by Crippen LogP contribution is 2.29. The average Bonchev–Trinajstić information content (AvgIpc) is 3.24. The number of aromatic nitrogens is 3. The summed E-state index contributed by atoms with van der Waals surface area (Å²) >= 11 is 0. The van der Waals surface area contributed by atoms with E-state index in [1.807, 2.05) is 34.9 Å². The number of methoxy groups -OCH3 is 1. The van der Waals surface area contributed by atoms with Gasteiger partial charge in [-0.1, -0.05) is 6.07 Å². The second-order valence-electron chi connectivity index (χ2n) is 8.38. The third-order valence-electron chi connectivity index (χ3n) is 6.16. The summed E-state index contributed by atoms with van der Waals surface area (Å²) in [7, 11) is 1.63. The molecule has 0 bridgehead atoms. The Balaban J connectivity index is 1.50. The summed E-state index contributed by atoms with van der Waals surface area (Å²) < 4.78 is 41.4. The largest absolute Gasteiger partial charge is 0.491 e. The van der Waals surface area contributed by atoms with E-state index in [0.717, 1.165) is 35.6 Å². The van der Waals surface area contributed by atoms with Crippen LogP contribution in [0, 0.1) is 11.7 Å². The van der Waals surface area contributed by atoms with Crippen molar-refractivity contribution < 1.29 is 18.3 Å². The van der Waals surface area contributed by atoms with E-state index in [9.17, 15) is 8.78 Å². The number of alkyl halides is 1. The molecule has 0 aliphatic carbocycles. The summed E-state index contributed by atoms with van der Waals surface area (Å²) in [5.41, 5.74) is 3.71. The van der Waals surface area contributed by atoms with Crippen LogP contribution in [0.3, 0.4) is 0 Å². The second-order valence-corrected chi connectivity index (χ2v) is 8.38. The molecule has 33 heavy (non-hydrogen) atoms. The van der Waals surface area contributed by atoms with Crippen molar-refractivity contribution in [2.24, 2.45) is 5.92 Å². The zero-order valence-corrected chi connectivity index (χ0v) is 18.4. The molecule has 8 heteroatoms. The van der Waals surface area contributed by atoms with E-state index in [4.69, 9.17) is 14.5 Å². The fourth-order valence-electron chi connectivity index (χ4n) is 4.44. The summed E-state index contributed by atoms with van der Waals surface area (Å²) in [4.78, 5) is 9.37. The molecule has 4 aromatic rings. The van der Waals surface area contributed by atoms with Crippen LogP contribution >= 0.6 is 0 Å². The smallest absolute Gasteiger partial charge is 0.140 e. The summed E-state index contributed by atoms with van der Waals surface area (Å²) in [5.74, 6) is 0.241. The highest BCUT2D eigenvalue weighted by molar-refractivity contribution is 5.84. The Kier molecular flexibility index (Phi) is 6.20. The van der Waals surface area contributed by atoms with Crippen molar-refractivity contribution in [3.05, 3.63) is 60.2 Å². The highest BCUT2D eigenvalue weighted by Gasteiger charge is 2.26. The molecule has 0 radical (unpaired) electrons. The lowest BCUT2D eigenvalue weighted by Crippen LogP contribution is -2.38. The third-order valence-corrected chi connectivity index (χ3v) is 6.16. The maximum atomic E-state index is 14.4. The Labute approximate surface area is 190 Å². The van der Waals surface area contributed by atoms with E-state index >= 15 is 0 Å². The van der Waals surface area contributed by atoms with Gasteiger partial charge in [-0.15, -0.1) is 0 Å². The lowest BCUT2D eigenvalue weighted by molar-refractivity contribution is 0.146. The molecule has 172 valence electrons. The van der Waals surface area contributed by atoms with Gasteiger partial charge in [0.05, 0.1) is 29.7 Å². The van der Waals surface area contributed by atoms with E-state index in [1.165, 1.54) is 12.1 Å². The summed E-state index contributed by atoms with van der Waals surface area (Å²) in [6.07, 6.45) is 3.89. The topological polar surface area (TPSA) is 60.7 Å². The lowest BCUT2D eigenvalue weighted by atomic mass is 9.88. The molecule has 1 aliphatic rings. The molecule has 1 saturated heterocycles. The van der Waals surface area contributed by atoms with Gasteiger partial charge in [0.15, 0.2) is 0 Å². The molecule has 0 spiro atoms. The van der Waals surface area contributed by atoms with Gasteiger partial charge in [0, 0.05) is 31.3 Å². The molecule has 0 saturated carbocycles. The minimum Gasteiger partial charge on any atom is -0.491 e. The molecule has 1 aliphatic heterocycles. The summed E-state index contributed by atoms with van der Waals surface area (Å²) in [6.45, 7) is 2.09. The lowest BCUT2D eigenvalue weighted by Gasteiger charge is -2.27. The first-order valence-corrected chi connectivity index (χ1v) is 11.2. The first kappa shape index (κ1) is 21.7. The average molecular weight is 453 g/mol. The molecular formula is C25H26F2N4O2. The van der Waals surface area contributed by atoms with Crippen molar-refractivity contribution in [1.29, 1.82) is 0 Å². The van der Waals surface area contributed by atoms with Gasteiger partial charge in [0.1, 0.15) is 30.0 Å². The van der Waals surface area contributed by atoms with Crippen molar-refractivity contribution in [2.75, 3.05) is 33.4 Å². The zero-order chi connectivity index (χ0) is 22.8. The fraction of sp³-hybridized carbons (Fsp3) is 0.360. The monoisotopic (exact) mass is 452 g/mol. The standard InChI is InChI=1S/C25H26F2N4O2/c1-32-8-9-33-20-5-7-31-23(15-29-24(31)13-20)22-3-2-17-11-19(26)12-18(25(17)30-22)10-16-4-6-28-14-21(16)27/h2-3,5,7,11-13,15-16,21,28H,4,6,8-10,14H2,1H3/t16-,21-/m0/s1. The van der Waals surface area contributed by atoms with Crippen molar-refractivity contribution in [3.8, 4) is 17.1 Å². The van der Waals surface area contributed by atoms with Gasteiger partial charge in [-0.05, 0) is 55.1 Å². The van der Waals surface area contributed by atoms with Gasteiger partial charge < -0.3 is 14.8 Å². The number of rotatable bonds is 7. The fourth-order valence-corrected chi connectivity index (χ4v) is 4.44. The number of piperidine rings is 1. The van der Waals surface area contributed by atoms with E-state index in [-0.39, 0.29) is 11.7 Å². The molecule has 6 nitrogen and oxygen atoms in total. The van der Waals surface area contributed by atoms with Gasteiger partial charge in [-0.25, -0.2) is 18.7 Å². The number of nitrogens with zero attached hydrogens (tertiary/aromatic N) is 3. The van der Waals surface area contributed by atoms with Crippen LogP contribution in [0.2, 0.25) is 0 Å². The maximum Gasteiger partial charge on any atom is 0.140 e. The van der Waals surface area contributed by atoms with Crippen molar-refractivity contribution >= 4 is 16.6 Å². The Morgan fingerprint density at radius 1 is 1.18 bits per heavy atom. The Morgan fingerprint density at radius 3 is 2.94 bits per heavy atom. The van der Waals surface area contributed by atoms with Crippen molar-refractivity contribution in [2.45, 2.75) is 19.0 Å². The molecule has 1 aromatic carbocycles. The Bertz CT molecular complexity index is 1280. The number of nitrogens with one attached hydrogen (secondary N) is 1. The van der Waals surface area contributed by atoms with Gasteiger partial charge in [0.2, 0.25) is 0 Å². The minimum atomic E-state index is -0.945. The number of ether oxygens (including phenoxy) is 2. The van der Waals surface area contributed by atoms with Crippen molar-refractivity contribution in [1.82, 2.24) is 19.7 Å². The van der Waals surface area contributed by atoms with E-state index in [0.29, 0.717) is 42.8 Å². The van der Waals surface area contributed by atoms with Crippen LogP contribution in [-0.4, -0.2) is 54.0 Å². The number of hydrogen-bond donors (Lipinski definition) is 1. The number of benzene rings is 1. The number of imidazole rings is 1. The molecule has 3 aromatic heterocycles. The van der Waals surface area contributed by atoms with Gasteiger partial charge in [0.25, 0.3) is 0 Å². The van der Waals surface area contributed by atoms with Crippen LogP contribution in [0.5, 0.6) is 5.75 Å². The number of fused-ring (bicyclic) bond motifs is 2. The summed E-state index contributed by atoms with van der Waals surface area (Å²) in [6, 6.07) is 10.4. The molecule has 0 unspecified atom stereocenters. The van der Waals surface area contributed by atoms with Crippen molar-refractivity contribution in [3.63, 3.8) is 0 Å². The molecule has 4 heterocycles. The Morgan fingerprint density at radius 2 is 2.09 bits per heavy atom. The Hall–Kier alpha value is -3.10. The molecule has 0 amide bonds. The van der Waals surface area contributed by atoms with Crippen LogP contribution in [0.1, 0.15) is 12.0 Å². The maximum absolute atomic E-state index is 14.4. The zero-order valence-electron chi connectivity index (χ0n) is 18.4. The first-order chi connectivity index (χ1) is 16.1. The van der Waals surface area contributed by atoms with Crippen LogP contribution in [-0.2, 0) is 11.2 Å². The third kappa shape index (κ3) is 4.54. The molecule has 5 rings (SSSR count). The summed E-state index contributed by atoms with van der Waals surface area (Å²) in [5, 5.41) is 3.78. The SMILES string of the molecule is COCCOc1ccn2c(-c3ccc4cc(F)cc(C[C@@H]5CCNC[C@@H]5F)c4n3)cnc2c1. The molecule has 1 N–H and O–H groups in total. The molecule has 2 atom stereocenters. The molecule has 1 fully saturated rings. The predicted molar refractivity (Wildman–Crippen MR) is 123 cm³/mol. The quantitative estimate of drug-likeness (QED) is 0.426. The number of pyridine rings is 2.